The van der Waals surface area contributed by atoms with E-state index in [0.29, 0.717) is 0 Å². The predicted octanol–water partition coefficient (Wildman–Crippen LogP) is -5.67. The molecule has 0 bridgehead atoms. The molecule has 0 aromatic rings. The van der Waals surface area contributed by atoms with Crippen molar-refractivity contribution in [3.05, 3.63) is 0 Å². The molecule has 0 aliphatic rings. The molecule has 0 spiro atoms. The van der Waals surface area contributed by atoms with E-state index in [2.05, 4.69) is 0 Å². The van der Waals surface area contributed by atoms with Gasteiger partial charge < -0.3 is 9.90 Å². The van der Waals surface area contributed by atoms with Gasteiger partial charge in [-0.3, -0.25) is 0 Å². The van der Waals surface area contributed by atoms with Gasteiger partial charge in [0, 0.05) is 32.7 Å². The predicted molar refractivity (Wildman–Crippen MR) is 9.71 cm³/mol. The smallest absolute Gasteiger partial charge is 0.577 e. The van der Waals surface area contributed by atoms with Crippen LogP contribution >= 0.6 is 9.90 Å². The summed E-state index contributed by atoms with van der Waals surface area (Å²) in [7, 11) is 0. The Bertz CT molecular complexity index is 6.00. The van der Waals surface area contributed by atoms with E-state index in [0.717, 1.165) is 0 Å². The zero-order chi connectivity index (χ0) is 0. The molecule has 0 atom stereocenters. The van der Waals surface area contributed by atoms with Gasteiger partial charge in [-0.05, 0) is 0 Å². The summed E-state index contributed by atoms with van der Waals surface area (Å²) < 4.78 is 0. The maximum atomic E-state index is 0. The van der Waals surface area contributed by atoms with Crippen LogP contribution in [0, 0.1) is 0 Å². The summed E-state index contributed by atoms with van der Waals surface area (Å²) in [4.78, 5) is 0. The van der Waals surface area contributed by atoms with Gasteiger partial charge in [-0.1, -0.05) is 0 Å². The fourth-order valence-corrected chi connectivity index (χ4v) is 0. The van der Waals surface area contributed by atoms with E-state index >= 15 is 0 Å². The van der Waals surface area contributed by atoms with E-state index in [1.807, 2.05) is 0 Å². The van der Waals surface area contributed by atoms with Crippen molar-refractivity contribution in [2.24, 2.45) is 0 Å². The van der Waals surface area contributed by atoms with Crippen molar-refractivity contribution in [3.8, 4) is 0 Å². The second kappa shape index (κ2) is 15.7. The summed E-state index contributed by atoms with van der Waals surface area (Å²) in [5, 5.41) is 0. The minimum atomic E-state index is 0. The van der Waals surface area contributed by atoms with Gasteiger partial charge in [0.1, 0.15) is 0 Å². The van der Waals surface area contributed by atoms with E-state index in [4.69, 9.17) is 0 Å². The maximum absolute atomic E-state index is 0. The Balaban J connectivity index is 0. The average Bonchev–Trinajstić information content (AvgIpc) is 0. The van der Waals surface area contributed by atoms with Crippen molar-refractivity contribution < 1.29 is 135 Å². The molecule has 0 nitrogen and oxygen atoms in total. The van der Waals surface area contributed by atoms with Gasteiger partial charge in [0.05, 0.1) is 0 Å². The minimum absolute atomic E-state index is 0. The molecule has 4 heavy (non-hydrogen) atoms. The largest absolute Gasteiger partial charge is 1.00 e. The number of hydrogen-bond donors (Lipinski definition) is 0. The fourth-order valence-electron chi connectivity index (χ4n) is 0. The monoisotopic (exact) mass is 200 g/mol. The molecule has 0 rings (SSSR count). The van der Waals surface area contributed by atoms with Crippen molar-refractivity contribution >= 4 is 9.90 Å². The average molecular weight is 200 g/mol. The van der Waals surface area contributed by atoms with Crippen LogP contribution in [0.3, 0.4) is 0 Å². The molecular formula is H2K2PY+. The molecule has 0 N–H and O–H groups in total. The maximum Gasteiger partial charge on any atom is 1.00 e. The van der Waals surface area contributed by atoms with Crippen molar-refractivity contribution in [2.45, 2.75) is 0 Å². The van der Waals surface area contributed by atoms with Gasteiger partial charge >= 0.3 is 103 Å². The summed E-state index contributed by atoms with van der Waals surface area (Å²) in [6, 6.07) is 0. The number of hydrogen-bond acceptors (Lipinski definition) is 0. The van der Waals surface area contributed by atoms with Crippen LogP contribution in [-0.2, 0) is 32.7 Å². The van der Waals surface area contributed by atoms with Crippen LogP contribution in [-0.4, -0.2) is 0 Å². The Kier molecular flexibility index (Phi) is 90.9. The topological polar surface area (TPSA) is 0 Å². The third-order valence-corrected chi connectivity index (χ3v) is 0. The van der Waals surface area contributed by atoms with Gasteiger partial charge in [0.2, 0.25) is 0 Å². The first kappa shape index (κ1) is 23.2. The van der Waals surface area contributed by atoms with Crippen molar-refractivity contribution in [3.63, 3.8) is 0 Å². The molecule has 0 saturated carbocycles. The Morgan fingerprint density at radius 3 is 0.750 bits per heavy atom. The SMILES string of the molecule is [K+].[K+].[PH2-].[Y]. The van der Waals surface area contributed by atoms with E-state index in [1.165, 1.54) is 0 Å². The minimum Gasteiger partial charge on any atom is -0.577 e. The first-order chi connectivity index (χ1) is 0. The van der Waals surface area contributed by atoms with E-state index < -0.39 is 0 Å². The summed E-state index contributed by atoms with van der Waals surface area (Å²) in [6.45, 7) is 0. The Hall–Kier alpha value is 4.81. The zero-order valence-electron chi connectivity index (χ0n) is 3.15. The van der Waals surface area contributed by atoms with Crippen molar-refractivity contribution in [1.29, 1.82) is 0 Å². The third-order valence-electron chi connectivity index (χ3n) is 0. The second-order valence-electron chi connectivity index (χ2n) is 0. The van der Waals surface area contributed by atoms with Crippen LogP contribution in [0.2, 0.25) is 0 Å². The molecular weight excluding hydrogens is 198 g/mol. The Morgan fingerprint density at radius 1 is 0.750 bits per heavy atom. The van der Waals surface area contributed by atoms with Gasteiger partial charge in [0.15, 0.2) is 0 Å². The van der Waals surface area contributed by atoms with Gasteiger partial charge in [-0.2, -0.15) is 0 Å². The molecule has 4 heteroatoms. The summed E-state index contributed by atoms with van der Waals surface area (Å²) in [5.41, 5.74) is 0. The van der Waals surface area contributed by atoms with Crippen LogP contribution in [0.15, 0.2) is 0 Å². The molecule has 0 aliphatic heterocycles. The molecule has 11 valence electrons. The van der Waals surface area contributed by atoms with Gasteiger partial charge in [-0.25, -0.2) is 0 Å². The normalized spacial score (nSPS) is 0. The zero-order valence-corrected chi connectivity index (χ0v) is 13.4. The summed E-state index contributed by atoms with van der Waals surface area (Å²) >= 11 is 0. The Morgan fingerprint density at radius 2 is 0.750 bits per heavy atom. The molecule has 0 amide bonds. The molecule has 0 fully saturated rings. The molecule has 0 heterocycles. The number of rotatable bonds is 0. The van der Waals surface area contributed by atoms with Crippen molar-refractivity contribution in [1.82, 2.24) is 0 Å². The first-order valence-electron chi connectivity index (χ1n) is 0. The molecule has 0 aromatic carbocycles. The van der Waals surface area contributed by atoms with E-state index in [-0.39, 0.29) is 145 Å². The van der Waals surface area contributed by atoms with Crippen LogP contribution in [0.5, 0.6) is 0 Å². The summed E-state index contributed by atoms with van der Waals surface area (Å²) in [6.07, 6.45) is 0. The second-order valence-corrected chi connectivity index (χ2v) is 0. The molecule has 1 radical (unpaired) electrons. The van der Waals surface area contributed by atoms with E-state index in [9.17, 15) is 0 Å². The quantitative estimate of drug-likeness (QED) is 0.270. The van der Waals surface area contributed by atoms with Crippen LogP contribution in [0.4, 0.5) is 0 Å². The van der Waals surface area contributed by atoms with Crippen molar-refractivity contribution in [2.75, 3.05) is 0 Å². The first-order valence-corrected chi connectivity index (χ1v) is 0. The molecule has 0 unspecified atom stereocenters. The van der Waals surface area contributed by atoms with Gasteiger partial charge in [0.25, 0.3) is 0 Å². The third kappa shape index (κ3) is 9.93. The van der Waals surface area contributed by atoms with Crippen LogP contribution < -0.4 is 103 Å². The van der Waals surface area contributed by atoms with Crippen LogP contribution in [0.25, 0.3) is 0 Å². The van der Waals surface area contributed by atoms with Gasteiger partial charge in [-0.15, -0.1) is 0 Å². The van der Waals surface area contributed by atoms with E-state index in [1.54, 1.807) is 0 Å². The molecule has 0 aromatic heterocycles. The molecule has 0 aliphatic carbocycles. The fraction of sp³-hybridized carbons (Fsp3) is 0. The molecule has 0 saturated heterocycles. The summed E-state index contributed by atoms with van der Waals surface area (Å²) in [5.74, 6) is 0. The van der Waals surface area contributed by atoms with Crippen LogP contribution in [0.1, 0.15) is 0 Å². The standard InChI is InChI=1S/2K.H2P.Y/h;;1H2;/q2*+1;-1;. The Labute approximate surface area is 140 Å².